The molecule has 1 aliphatic carbocycles. The summed E-state index contributed by atoms with van der Waals surface area (Å²) in [7, 11) is 0. The average Bonchev–Trinajstić information content (AvgIpc) is 2.85. The molecule has 0 radical (unpaired) electrons. The quantitative estimate of drug-likeness (QED) is 0.740. The van der Waals surface area contributed by atoms with E-state index in [1.54, 1.807) is 11.3 Å². The molecular formula is C18H32N2S. The van der Waals surface area contributed by atoms with Crippen LogP contribution in [0.4, 0.5) is 0 Å². The summed E-state index contributed by atoms with van der Waals surface area (Å²) in [5.74, 6) is 3.40. The van der Waals surface area contributed by atoms with Crippen molar-refractivity contribution in [3.63, 3.8) is 0 Å². The number of aryl methyl sites for hydroxylation is 1. The zero-order valence-corrected chi connectivity index (χ0v) is 15.0. The van der Waals surface area contributed by atoms with Gasteiger partial charge in [-0.15, -0.1) is 11.3 Å². The third-order valence-electron chi connectivity index (χ3n) is 5.09. The monoisotopic (exact) mass is 308 g/mol. The van der Waals surface area contributed by atoms with Gasteiger partial charge in [-0.3, -0.25) is 0 Å². The van der Waals surface area contributed by atoms with Crippen molar-refractivity contribution in [1.29, 1.82) is 0 Å². The van der Waals surface area contributed by atoms with Gasteiger partial charge >= 0.3 is 0 Å². The van der Waals surface area contributed by atoms with Crippen molar-refractivity contribution in [2.24, 2.45) is 23.7 Å². The van der Waals surface area contributed by atoms with Gasteiger partial charge in [0.15, 0.2) is 0 Å². The molecule has 0 bridgehead atoms. The first-order chi connectivity index (χ1) is 10.1. The van der Waals surface area contributed by atoms with E-state index in [0.717, 1.165) is 30.2 Å². The van der Waals surface area contributed by atoms with Crippen molar-refractivity contribution in [2.75, 3.05) is 13.1 Å². The Hall–Kier alpha value is -0.410. The highest BCUT2D eigenvalue weighted by Gasteiger charge is 2.31. The molecule has 2 nitrogen and oxygen atoms in total. The maximum absolute atomic E-state index is 4.70. The summed E-state index contributed by atoms with van der Waals surface area (Å²) < 4.78 is 0. The summed E-state index contributed by atoms with van der Waals surface area (Å²) in [5, 5.41) is 7.13. The standard InChI is InChI=1S/C18H32N2S/c1-5-8-19-11-16-7-6-15(13(2)3)9-17(16)10-18-12-21-14(4)20-18/h12-13,15-17,19H,5-11H2,1-4H3. The van der Waals surface area contributed by atoms with Gasteiger partial charge in [0.1, 0.15) is 0 Å². The fraction of sp³-hybridized carbons (Fsp3) is 0.833. The van der Waals surface area contributed by atoms with Crippen molar-refractivity contribution < 1.29 is 0 Å². The Morgan fingerprint density at radius 3 is 2.76 bits per heavy atom. The molecule has 120 valence electrons. The number of nitrogens with one attached hydrogen (secondary N) is 1. The van der Waals surface area contributed by atoms with Gasteiger partial charge in [0, 0.05) is 5.38 Å². The lowest BCUT2D eigenvalue weighted by molar-refractivity contribution is 0.144. The fourth-order valence-corrected chi connectivity index (χ4v) is 4.35. The van der Waals surface area contributed by atoms with Gasteiger partial charge < -0.3 is 5.32 Å². The molecule has 0 aromatic carbocycles. The number of rotatable bonds is 7. The van der Waals surface area contributed by atoms with Crippen LogP contribution in [0.5, 0.6) is 0 Å². The molecule has 0 spiro atoms. The van der Waals surface area contributed by atoms with Crippen LogP contribution in [0.15, 0.2) is 5.38 Å². The molecule has 1 aliphatic rings. The van der Waals surface area contributed by atoms with Gasteiger partial charge in [0.2, 0.25) is 0 Å². The lowest BCUT2D eigenvalue weighted by Gasteiger charge is -2.38. The lowest BCUT2D eigenvalue weighted by Crippen LogP contribution is -2.35. The molecule has 0 amide bonds. The number of thiazole rings is 1. The predicted octanol–water partition coefficient (Wildman–Crippen LogP) is 4.68. The van der Waals surface area contributed by atoms with E-state index in [4.69, 9.17) is 4.98 Å². The summed E-state index contributed by atoms with van der Waals surface area (Å²) in [6.45, 7) is 11.5. The summed E-state index contributed by atoms with van der Waals surface area (Å²) in [6, 6.07) is 0. The molecule has 1 aromatic heterocycles. The second-order valence-electron chi connectivity index (χ2n) is 7.10. The van der Waals surface area contributed by atoms with E-state index in [0.29, 0.717) is 0 Å². The van der Waals surface area contributed by atoms with E-state index in [-0.39, 0.29) is 0 Å². The molecule has 0 aliphatic heterocycles. The van der Waals surface area contributed by atoms with Crippen molar-refractivity contribution in [2.45, 2.75) is 59.8 Å². The topological polar surface area (TPSA) is 24.9 Å². The average molecular weight is 309 g/mol. The first-order valence-electron chi connectivity index (χ1n) is 8.71. The van der Waals surface area contributed by atoms with Crippen molar-refractivity contribution in [3.8, 4) is 0 Å². The van der Waals surface area contributed by atoms with E-state index in [1.807, 2.05) is 0 Å². The molecule has 2 rings (SSSR count). The highest BCUT2D eigenvalue weighted by Crippen LogP contribution is 2.39. The van der Waals surface area contributed by atoms with Crippen LogP contribution in [0.1, 0.15) is 57.2 Å². The van der Waals surface area contributed by atoms with Gasteiger partial charge in [0.05, 0.1) is 10.7 Å². The van der Waals surface area contributed by atoms with Crippen LogP contribution < -0.4 is 5.32 Å². The Morgan fingerprint density at radius 1 is 1.33 bits per heavy atom. The third-order valence-corrected chi connectivity index (χ3v) is 5.92. The highest BCUT2D eigenvalue weighted by atomic mass is 32.1. The molecule has 1 heterocycles. The zero-order valence-electron chi connectivity index (χ0n) is 14.2. The molecule has 1 N–H and O–H groups in total. The summed E-state index contributed by atoms with van der Waals surface area (Å²) >= 11 is 1.80. The number of hydrogen-bond acceptors (Lipinski definition) is 3. The van der Waals surface area contributed by atoms with Gasteiger partial charge in [-0.2, -0.15) is 0 Å². The van der Waals surface area contributed by atoms with Crippen molar-refractivity contribution in [1.82, 2.24) is 10.3 Å². The molecule has 1 saturated carbocycles. The normalized spacial score (nSPS) is 26.4. The third kappa shape index (κ3) is 5.07. The largest absolute Gasteiger partial charge is 0.316 e. The Bertz CT molecular complexity index is 413. The second-order valence-corrected chi connectivity index (χ2v) is 8.17. The van der Waals surface area contributed by atoms with Crippen LogP contribution in [0, 0.1) is 30.6 Å². The van der Waals surface area contributed by atoms with Crippen molar-refractivity contribution in [3.05, 3.63) is 16.1 Å². The smallest absolute Gasteiger partial charge is 0.0897 e. The van der Waals surface area contributed by atoms with Gasteiger partial charge in [-0.25, -0.2) is 4.98 Å². The first kappa shape index (κ1) is 17.0. The molecule has 1 aromatic rings. The van der Waals surface area contributed by atoms with E-state index >= 15 is 0 Å². The minimum absolute atomic E-state index is 0.817. The summed E-state index contributed by atoms with van der Waals surface area (Å²) in [6.07, 6.45) is 6.63. The Kier molecular flexibility index (Phi) is 6.69. The van der Waals surface area contributed by atoms with Crippen LogP contribution >= 0.6 is 11.3 Å². The van der Waals surface area contributed by atoms with Crippen LogP contribution in [0.3, 0.4) is 0 Å². The minimum atomic E-state index is 0.817. The Labute approximate surface area is 134 Å². The predicted molar refractivity (Wildman–Crippen MR) is 92.9 cm³/mol. The second kappa shape index (κ2) is 8.28. The van der Waals surface area contributed by atoms with E-state index in [9.17, 15) is 0 Å². The van der Waals surface area contributed by atoms with E-state index in [1.165, 1.54) is 49.4 Å². The minimum Gasteiger partial charge on any atom is -0.316 e. The van der Waals surface area contributed by atoms with Crippen LogP contribution in [-0.2, 0) is 6.42 Å². The van der Waals surface area contributed by atoms with Crippen LogP contribution in [0.25, 0.3) is 0 Å². The van der Waals surface area contributed by atoms with Gasteiger partial charge in [-0.1, -0.05) is 20.8 Å². The van der Waals surface area contributed by atoms with E-state index in [2.05, 4.69) is 38.4 Å². The van der Waals surface area contributed by atoms with Crippen LogP contribution in [0.2, 0.25) is 0 Å². The van der Waals surface area contributed by atoms with Gasteiger partial charge in [-0.05, 0) is 75.8 Å². The van der Waals surface area contributed by atoms with Gasteiger partial charge in [0.25, 0.3) is 0 Å². The number of hydrogen-bond donors (Lipinski definition) is 1. The highest BCUT2D eigenvalue weighted by molar-refractivity contribution is 7.09. The fourth-order valence-electron chi connectivity index (χ4n) is 3.72. The molecule has 3 heteroatoms. The molecule has 1 fully saturated rings. The van der Waals surface area contributed by atoms with Crippen molar-refractivity contribution >= 4 is 11.3 Å². The first-order valence-corrected chi connectivity index (χ1v) is 9.59. The molecular weight excluding hydrogens is 276 g/mol. The molecule has 0 saturated heterocycles. The Morgan fingerprint density at radius 2 is 2.14 bits per heavy atom. The molecule has 21 heavy (non-hydrogen) atoms. The molecule has 3 atom stereocenters. The summed E-state index contributed by atoms with van der Waals surface area (Å²) in [4.78, 5) is 4.70. The van der Waals surface area contributed by atoms with Crippen LogP contribution in [-0.4, -0.2) is 18.1 Å². The Balaban J connectivity index is 1.97. The lowest BCUT2D eigenvalue weighted by atomic mass is 9.69. The zero-order chi connectivity index (χ0) is 15.2. The maximum Gasteiger partial charge on any atom is 0.0897 e. The SMILES string of the molecule is CCCNCC1CCC(C(C)C)CC1Cc1csc(C)n1. The number of nitrogens with zero attached hydrogens (tertiary/aromatic N) is 1. The molecule has 3 unspecified atom stereocenters. The maximum atomic E-state index is 4.70. The van der Waals surface area contributed by atoms with E-state index < -0.39 is 0 Å². The number of aromatic nitrogens is 1. The summed E-state index contributed by atoms with van der Waals surface area (Å²) in [5.41, 5.74) is 1.33.